The van der Waals surface area contributed by atoms with E-state index in [9.17, 15) is 0 Å². The molecule has 0 aliphatic rings. The van der Waals surface area contributed by atoms with Gasteiger partial charge in [0.15, 0.2) is 5.82 Å². The summed E-state index contributed by atoms with van der Waals surface area (Å²) in [7, 11) is 0. The number of nitrogens with zero attached hydrogens (tertiary/aromatic N) is 6. The molecule has 6 nitrogen and oxygen atoms in total. The highest BCUT2D eigenvalue weighted by Crippen LogP contribution is 2.36. The topological polar surface area (TPSA) is 69.4 Å². The molecule has 5 aromatic heterocycles. The Morgan fingerprint density at radius 1 is 0.345 bits per heavy atom. The van der Waals surface area contributed by atoms with Gasteiger partial charge in [-0.25, -0.2) is 15.0 Å². The van der Waals surface area contributed by atoms with E-state index in [4.69, 9.17) is 19.9 Å². The lowest BCUT2D eigenvalue weighted by atomic mass is 10.00. The summed E-state index contributed by atoms with van der Waals surface area (Å²) in [6, 6.07) is 62.4. The minimum Gasteiger partial charge on any atom is -0.309 e. The smallest absolute Gasteiger partial charge is 0.160 e. The Morgan fingerprint density at radius 3 is 1.67 bits per heavy atom. The zero-order valence-corrected chi connectivity index (χ0v) is 29.7. The molecule has 0 N–H and O–H groups in total. The fraction of sp³-hybridized carbons (Fsp3) is 0. The normalized spacial score (nSPS) is 11.3. The van der Waals surface area contributed by atoms with E-state index in [-0.39, 0.29) is 0 Å². The summed E-state index contributed by atoms with van der Waals surface area (Å²) in [5.41, 5.74) is 12.9. The second-order valence-corrected chi connectivity index (χ2v) is 13.4. The second kappa shape index (κ2) is 13.8. The molecule has 0 radical (unpaired) electrons. The fourth-order valence-corrected chi connectivity index (χ4v) is 7.34. The Kier molecular flexibility index (Phi) is 8.04. The maximum atomic E-state index is 5.18. The molecule has 5 heterocycles. The van der Waals surface area contributed by atoms with Crippen molar-refractivity contribution in [2.75, 3.05) is 0 Å². The Bertz CT molecular complexity index is 2850. The maximum Gasteiger partial charge on any atom is 0.160 e. The van der Waals surface area contributed by atoms with Gasteiger partial charge in [0.25, 0.3) is 0 Å². The van der Waals surface area contributed by atoms with Crippen molar-refractivity contribution >= 4 is 21.8 Å². The molecule has 0 bridgehead atoms. The highest BCUT2D eigenvalue weighted by atomic mass is 15.0. The van der Waals surface area contributed by atoms with Gasteiger partial charge < -0.3 is 4.57 Å². The minimum absolute atomic E-state index is 0.634. The van der Waals surface area contributed by atoms with Gasteiger partial charge >= 0.3 is 0 Å². The van der Waals surface area contributed by atoms with E-state index in [0.717, 1.165) is 67.7 Å². The number of hydrogen-bond donors (Lipinski definition) is 0. The van der Waals surface area contributed by atoms with E-state index in [1.165, 1.54) is 21.8 Å². The van der Waals surface area contributed by atoms with Crippen molar-refractivity contribution in [2.24, 2.45) is 0 Å². The number of hydrogen-bond acceptors (Lipinski definition) is 5. The third-order valence-corrected chi connectivity index (χ3v) is 9.95. The Hall–Kier alpha value is -7.57. The molecular weight excluding hydrogens is 673 g/mol. The van der Waals surface area contributed by atoms with Gasteiger partial charge in [0.1, 0.15) is 0 Å². The van der Waals surface area contributed by atoms with Crippen LogP contribution in [-0.4, -0.2) is 29.5 Å². The highest BCUT2D eigenvalue weighted by Gasteiger charge is 2.18. The van der Waals surface area contributed by atoms with Crippen LogP contribution >= 0.6 is 0 Å². The van der Waals surface area contributed by atoms with E-state index in [1.54, 1.807) is 6.20 Å². The molecule has 0 atom stereocenters. The number of pyridine rings is 3. The molecular formula is C49H32N6. The molecule has 0 amide bonds. The van der Waals surface area contributed by atoms with Crippen LogP contribution in [0.25, 0.3) is 95.3 Å². The largest absolute Gasteiger partial charge is 0.309 e. The maximum absolute atomic E-state index is 5.18. The average molecular weight is 705 g/mol. The molecule has 0 saturated carbocycles. The van der Waals surface area contributed by atoms with Crippen molar-refractivity contribution in [2.45, 2.75) is 0 Å². The van der Waals surface area contributed by atoms with Gasteiger partial charge in [-0.05, 0) is 77.9 Å². The average Bonchev–Trinajstić information content (AvgIpc) is 3.61. The summed E-state index contributed by atoms with van der Waals surface area (Å²) in [4.78, 5) is 25.1. The van der Waals surface area contributed by atoms with Crippen molar-refractivity contribution in [1.29, 1.82) is 0 Å². The van der Waals surface area contributed by atoms with E-state index in [1.807, 2.05) is 79.0 Å². The number of para-hydroxylation sites is 2. The van der Waals surface area contributed by atoms with Crippen LogP contribution in [0.2, 0.25) is 0 Å². The van der Waals surface area contributed by atoms with Crippen molar-refractivity contribution in [3.05, 3.63) is 194 Å². The first-order chi connectivity index (χ1) is 27.3. The fourth-order valence-electron chi connectivity index (χ4n) is 7.34. The van der Waals surface area contributed by atoms with Crippen molar-refractivity contribution in [1.82, 2.24) is 29.5 Å². The van der Waals surface area contributed by atoms with Gasteiger partial charge in [-0.3, -0.25) is 9.97 Å². The summed E-state index contributed by atoms with van der Waals surface area (Å²) in [5, 5.41) is 2.47. The van der Waals surface area contributed by atoms with E-state index < -0.39 is 0 Å². The Labute approximate surface area is 318 Å². The Morgan fingerprint density at radius 2 is 0.964 bits per heavy atom. The third kappa shape index (κ3) is 6.02. The third-order valence-electron chi connectivity index (χ3n) is 9.95. The SMILES string of the molecule is c1ccc(-c2cc(-c3ccccn3)nc(-c3ncccc3-c3cc(-c4ccc(-n5c6ccccc6c6ccccc65)cc4)nc(-c4ccccc4)n3)c2)cc1. The van der Waals surface area contributed by atoms with Crippen LogP contribution in [0.1, 0.15) is 0 Å². The van der Waals surface area contributed by atoms with Crippen LogP contribution < -0.4 is 0 Å². The van der Waals surface area contributed by atoms with Crippen LogP contribution in [-0.2, 0) is 0 Å². The van der Waals surface area contributed by atoms with Crippen LogP contribution in [0.5, 0.6) is 0 Å². The molecule has 0 fully saturated rings. The van der Waals surface area contributed by atoms with Crippen LogP contribution in [0.15, 0.2) is 194 Å². The predicted octanol–water partition coefficient (Wildman–Crippen LogP) is 11.8. The van der Waals surface area contributed by atoms with Gasteiger partial charge in [-0.2, -0.15) is 0 Å². The first-order valence-corrected chi connectivity index (χ1v) is 18.2. The summed E-state index contributed by atoms with van der Waals surface area (Å²) < 4.78 is 2.33. The molecule has 6 heteroatoms. The quantitative estimate of drug-likeness (QED) is 0.165. The van der Waals surface area contributed by atoms with Gasteiger partial charge in [0.05, 0.1) is 45.2 Å². The second-order valence-electron chi connectivity index (χ2n) is 13.4. The molecule has 5 aromatic carbocycles. The number of rotatable bonds is 7. The standard InChI is InChI=1S/C49H32N6/c1-3-14-33(15-4-1)36-30-44(41-21-11-12-28-50-41)52-45(31-36)48-40(20-13-29-51-48)43-32-42(53-49(54-43)35-16-5-2-6-17-35)34-24-26-37(27-25-34)55-46-22-9-7-18-38(46)39-19-8-10-23-47(39)55/h1-32H. The molecule has 0 aliphatic heterocycles. The lowest BCUT2D eigenvalue weighted by molar-refractivity contribution is 1.16. The summed E-state index contributed by atoms with van der Waals surface area (Å²) in [6.45, 7) is 0. The van der Waals surface area contributed by atoms with E-state index in [2.05, 4.69) is 119 Å². The number of benzene rings is 5. The molecule has 10 aromatic rings. The lowest BCUT2D eigenvalue weighted by Crippen LogP contribution is -2.00. The summed E-state index contributed by atoms with van der Waals surface area (Å²) in [5.74, 6) is 0.634. The zero-order valence-electron chi connectivity index (χ0n) is 29.7. The lowest BCUT2D eigenvalue weighted by Gasteiger charge is -2.14. The monoisotopic (exact) mass is 704 g/mol. The number of aromatic nitrogens is 6. The predicted molar refractivity (Wildman–Crippen MR) is 222 cm³/mol. The minimum atomic E-state index is 0.634. The van der Waals surface area contributed by atoms with Crippen LogP contribution in [0.3, 0.4) is 0 Å². The highest BCUT2D eigenvalue weighted by molar-refractivity contribution is 6.09. The van der Waals surface area contributed by atoms with Gasteiger partial charge in [0.2, 0.25) is 0 Å². The molecule has 10 rings (SSSR count). The van der Waals surface area contributed by atoms with E-state index in [0.29, 0.717) is 5.82 Å². The van der Waals surface area contributed by atoms with Gasteiger partial charge in [-0.1, -0.05) is 115 Å². The summed E-state index contributed by atoms with van der Waals surface area (Å²) >= 11 is 0. The van der Waals surface area contributed by atoms with Crippen molar-refractivity contribution in [3.8, 4) is 73.5 Å². The summed E-state index contributed by atoms with van der Waals surface area (Å²) in [6.07, 6.45) is 3.60. The molecule has 0 aliphatic carbocycles. The van der Waals surface area contributed by atoms with Gasteiger partial charge in [0, 0.05) is 45.5 Å². The molecule has 258 valence electrons. The van der Waals surface area contributed by atoms with E-state index >= 15 is 0 Å². The number of fused-ring (bicyclic) bond motifs is 3. The van der Waals surface area contributed by atoms with Crippen molar-refractivity contribution in [3.63, 3.8) is 0 Å². The molecule has 0 spiro atoms. The zero-order chi connectivity index (χ0) is 36.6. The molecule has 0 saturated heterocycles. The van der Waals surface area contributed by atoms with Crippen molar-refractivity contribution < 1.29 is 0 Å². The molecule has 0 unspecified atom stereocenters. The van der Waals surface area contributed by atoms with Crippen LogP contribution in [0, 0.1) is 0 Å². The van der Waals surface area contributed by atoms with Gasteiger partial charge in [-0.15, -0.1) is 0 Å². The Balaban J connectivity index is 1.12. The molecule has 55 heavy (non-hydrogen) atoms. The van der Waals surface area contributed by atoms with Crippen LogP contribution in [0.4, 0.5) is 0 Å². The first kappa shape index (κ1) is 32.1. The first-order valence-electron chi connectivity index (χ1n) is 18.2.